The fraction of sp³-hybridized carbons (Fsp3) is 0.857. The molecule has 0 aromatic rings. The third-order valence-electron chi connectivity index (χ3n) is 1.48. The highest BCUT2D eigenvalue weighted by atomic mass is 16.5. The molecule has 0 rings (SSSR count). The number of carbonyl (C=O) groups is 1. The van der Waals surface area contributed by atoms with Crippen molar-refractivity contribution in [2.75, 3.05) is 20.3 Å². The summed E-state index contributed by atoms with van der Waals surface area (Å²) in [6.45, 7) is 1.18. The van der Waals surface area contributed by atoms with E-state index in [1.165, 1.54) is 7.11 Å². The predicted octanol–water partition coefficient (Wildman–Crippen LogP) is -1.51. The van der Waals surface area contributed by atoms with Gasteiger partial charge in [-0.3, -0.25) is 10.1 Å². The van der Waals surface area contributed by atoms with Crippen LogP contribution in [0.1, 0.15) is 6.92 Å². The zero-order valence-electron chi connectivity index (χ0n) is 7.28. The average molecular weight is 177 g/mol. The van der Waals surface area contributed by atoms with Gasteiger partial charge in [-0.1, -0.05) is 0 Å². The Morgan fingerprint density at radius 2 is 2.00 bits per heavy atom. The van der Waals surface area contributed by atoms with E-state index in [0.29, 0.717) is 0 Å². The number of esters is 1. The van der Waals surface area contributed by atoms with Gasteiger partial charge in [0.1, 0.15) is 6.04 Å². The summed E-state index contributed by atoms with van der Waals surface area (Å²) in [6, 6.07) is -0.988. The van der Waals surface area contributed by atoms with E-state index >= 15 is 0 Å². The number of aliphatic hydroxyl groups is 2. The standard InChI is InChI=1S/C7H15NO4/c1-5(7(11)12-2)8-6(3-9)4-10/h5-6,8-10H,3-4H2,1-2H3. The second-order valence-electron chi connectivity index (χ2n) is 2.47. The molecule has 0 radical (unpaired) electrons. The minimum absolute atomic E-state index is 0.210. The van der Waals surface area contributed by atoms with Crippen molar-refractivity contribution < 1.29 is 19.7 Å². The number of hydrogen-bond acceptors (Lipinski definition) is 5. The summed E-state index contributed by atoms with van der Waals surface area (Å²) in [6.07, 6.45) is 0. The first kappa shape index (κ1) is 11.4. The second-order valence-corrected chi connectivity index (χ2v) is 2.47. The maximum absolute atomic E-state index is 10.8. The van der Waals surface area contributed by atoms with Gasteiger partial charge >= 0.3 is 5.97 Å². The van der Waals surface area contributed by atoms with Crippen molar-refractivity contribution in [3.05, 3.63) is 0 Å². The van der Waals surface area contributed by atoms with Gasteiger partial charge in [-0.15, -0.1) is 0 Å². The number of rotatable bonds is 5. The molecule has 0 aliphatic carbocycles. The quantitative estimate of drug-likeness (QED) is 0.445. The Kier molecular flexibility index (Phi) is 5.61. The molecular weight excluding hydrogens is 162 g/mol. The molecule has 0 heterocycles. The van der Waals surface area contributed by atoms with Crippen LogP contribution in [-0.4, -0.2) is 48.6 Å². The number of carbonyl (C=O) groups excluding carboxylic acids is 1. The maximum atomic E-state index is 10.8. The Morgan fingerprint density at radius 3 is 2.33 bits per heavy atom. The maximum Gasteiger partial charge on any atom is 0.322 e. The van der Waals surface area contributed by atoms with Crippen LogP contribution in [0.3, 0.4) is 0 Å². The molecule has 0 aliphatic rings. The number of hydrogen-bond donors (Lipinski definition) is 3. The predicted molar refractivity (Wildman–Crippen MR) is 42.6 cm³/mol. The van der Waals surface area contributed by atoms with Crippen LogP contribution in [0, 0.1) is 0 Å². The van der Waals surface area contributed by atoms with Crippen LogP contribution in [0.25, 0.3) is 0 Å². The molecule has 3 N–H and O–H groups in total. The van der Waals surface area contributed by atoms with E-state index in [0.717, 1.165) is 0 Å². The van der Waals surface area contributed by atoms with E-state index in [4.69, 9.17) is 10.2 Å². The van der Waals surface area contributed by atoms with E-state index in [-0.39, 0.29) is 13.2 Å². The molecule has 5 heteroatoms. The molecule has 1 unspecified atom stereocenters. The summed E-state index contributed by atoms with van der Waals surface area (Å²) in [4.78, 5) is 10.8. The molecule has 0 aromatic heterocycles. The Balaban J connectivity index is 3.80. The van der Waals surface area contributed by atoms with Crippen molar-refractivity contribution in [3.63, 3.8) is 0 Å². The van der Waals surface area contributed by atoms with Crippen LogP contribution in [-0.2, 0) is 9.53 Å². The SMILES string of the molecule is COC(=O)C(C)NC(CO)CO. The third-order valence-corrected chi connectivity index (χ3v) is 1.48. The highest BCUT2D eigenvalue weighted by Crippen LogP contribution is 1.89. The van der Waals surface area contributed by atoms with Crippen LogP contribution in [0.4, 0.5) is 0 Å². The molecule has 0 saturated carbocycles. The first-order valence-electron chi connectivity index (χ1n) is 3.71. The van der Waals surface area contributed by atoms with Crippen LogP contribution >= 0.6 is 0 Å². The molecule has 0 amide bonds. The van der Waals surface area contributed by atoms with Gasteiger partial charge in [0.25, 0.3) is 0 Å². The lowest BCUT2D eigenvalue weighted by molar-refractivity contribution is -0.143. The van der Waals surface area contributed by atoms with E-state index < -0.39 is 18.1 Å². The first-order chi connectivity index (χ1) is 5.65. The Morgan fingerprint density at radius 1 is 1.50 bits per heavy atom. The minimum Gasteiger partial charge on any atom is -0.468 e. The molecule has 72 valence electrons. The monoisotopic (exact) mass is 177 g/mol. The summed E-state index contributed by atoms with van der Waals surface area (Å²) in [5.74, 6) is -0.415. The third kappa shape index (κ3) is 3.66. The van der Waals surface area contributed by atoms with Gasteiger partial charge in [0.15, 0.2) is 0 Å². The first-order valence-corrected chi connectivity index (χ1v) is 3.71. The van der Waals surface area contributed by atoms with Gasteiger partial charge in [-0.25, -0.2) is 0 Å². The van der Waals surface area contributed by atoms with Gasteiger partial charge in [0, 0.05) is 0 Å². The molecule has 0 aliphatic heterocycles. The fourth-order valence-electron chi connectivity index (χ4n) is 0.762. The van der Waals surface area contributed by atoms with Crippen LogP contribution in [0.5, 0.6) is 0 Å². The summed E-state index contributed by atoms with van der Waals surface area (Å²) in [5, 5.41) is 20.0. The largest absolute Gasteiger partial charge is 0.468 e. The smallest absolute Gasteiger partial charge is 0.322 e. The minimum atomic E-state index is -0.515. The highest BCUT2D eigenvalue weighted by Gasteiger charge is 2.16. The van der Waals surface area contributed by atoms with Gasteiger partial charge in [-0.2, -0.15) is 0 Å². The lowest BCUT2D eigenvalue weighted by atomic mass is 10.2. The Bertz CT molecular complexity index is 135. The van der Waals surface area contributed by atoms with E-state index in [9.17, 15) is 4.79 Å². The molecule has 0 saturated heterocycles. The summed E-state index contributed by atoms with van der Waals surface area (Å²) < 4.78 is 4.44. The van der Waals surface area contributed by atoms with Crippen LogP contribution < -0.4 is 5.32 Å². The lowest BCUT2D eigenvalue weighted by Gasteiger charge is -2.17. The summed E-state index contributed by atoms with van der Waals surface area (Å²) >= 11 is 0. The molecular formula is C7H15NO4. The van der Waals surface area contributed by atoms with E-state index in [1.54, 1.807) is 6.92 Å². The number of nitrogens with one attached hydrogen (secondary N) is 1. The van der Waals surface area contributed by atoms with E-state index in [1.807, 2.05) is 0 Å². The molecule has 1 atom stereocenters. The van der Waals surface area contributed by atoms with Crippen molar-refractivity contribution in [3.8, 4) is 0 Å². The van der Waals surface area contributed by atoms with Crippen molar-refractivity contribution >= 4 is 5.97 Å². The number of ether oxygens (including phenoxy) is 1. The highest BCUT2D eigenvalue weighted by molar-refractivity contribution is 5.75. The topological polar surface area (TPSA) is 78.8 Å². The van der Waals surface area contributed by atoms with Gasteiger partial charge in [0.2, 0.25) is 0 Å². The molecule has 0 fully saturated rings. The van der Waals surface area contributed by atoms with Crippen LogP contribution in [0.2, 0.25) is 0 Å². The van der Waals surface area contributed by atoms with Gasteiger partial charge < -0.3 is 14.9 Å². The fourth-order valence-corrected chi connectivity index (χ4v) is 0.762. The van der Waals surface area contributed by atoms with Gasteiger partial charge in [0.05, 0.1) is 26.4 Å². The Labute approximate surface area is 71.3 Å². The van der Waals surface area contributed by atoms with Crippen molar-refractivity contribution in [2.24, 2.45) is 0 Å². The Hall–Kier alpha value is -0.650. The van der Waals surface area contributed by atoms with Crippen molar-refractivity contribution in [2.45, 2.75) is 19.0 Å². The average Bonchev–Trinajstić information content (AvgIpc) is 2.12. The molecule has 12 heavy (non-hydrogen) atoms. The normalized spacial score (nSPS) is 13.1. The zero-order valence-corrected chi connectivity index (χ0v) is 7.28. The molecule has 0 spiro atoms. The van der Waals surface area contributed by atoms with Crippen LogP contribution in [0.15, 0.2) is 0 Å². The second kappa shape index (κ2) is 5.93. The summed E-state index contributed by atoms with van der Waals surface area (Å²) in [5.41, 5.74) is 0. The lowest BCUT2D eigenvalue weighted by Crippen LogP contribution is -2.45. The zero-order chi connectivity index (χ0) is 9.56. The molecule has 0 aromatic carbocycles. The number of aliphatic hydroxyl groups excluding tert-OH is 2. The number of methoxy groups -OCH3 is 1. The van der Waals surface area contributed by atoms with Gasteiger partial charge in [-0.05, 0) is 6.92 Å². The van der Waals surface area contributed by atoms with E-state index in [2.05, 4.69) is 10.1 Å². The molecule has 5 nitrogen and oxygen atoms in total. The summed E-state index contributed by atoms with van der Waals surface area (Å²) in [7, 11) is 1.29. The van der Waals surface area contributed by atoms with Crippen molar-refractivity contribution in [1.29, 1.82) is 0 Å². The van der Waals surface area contributed by atoms with Crippen molar-refractivity contribution in [1.82, 2.24) is 5.32 Å². The molecule has 0 bridgehead atoms.